The lowest BCUT2D eigenvalue weighted by atomic mass is 10.1. The minimum atomic E-state index is 0.0852. The lowest BCUT2D eigenvalue weighted by Gasteiger charge is -2.09. The van der Waals surface area contributed by atoms with Gasteiger partial charge < -0.3 is 9.47 Å². The van der Waals surface area contributed by atoms with E-state index in [1.807, 2.05) is 44.2 Å². The average Bonchev–Trinajstić information content (AvgIpc) is 3.29. The molecule has 2 atom stereocenters. The molecule has 0 spiro atoms. The van der Waals surface area contributed by atoms with E-state index in [1.165, 1.54) is 5.56 Å². The number of hydrogen-bond donors (Lipinski definition) is 1. The molecule has 1 aliphatic rings. The van der Waals surface area contributed by atoms with Crippen LogP contribution in [0.15, 0.2) is 42.5 Å². The number of benzene rings is 2. The molecule has 4 heteroatoms. The molecular weight excluding hydrogens is 278 g/mol. The molecule has 3 rings (SSSR count). The zero-order chi connectivity index (χ0) is 15.5. The molecule has 22 heavy (non-hydrogen) atoms. The van der Waals surface area contributed by atoms with E-state index in [9.17, 15) is 0 Å². The molecule has 0 amide bonds. The smallest absolute Gasteiger partial charge is 0.388 e. The molecule has 4 nitrogen and oxygen atoms in total. The van der Waals surface area contributed by atoms with Gasteiger partial charge in [-0.1, -0.05) is 36.4 Å². The molecule has 0 radical (unpaired) electrons. The van der Waals surface area contributed by atoms with Gasteiger partial charge in [-0.25, -0.2) is 0 Å². The fraction of sp³-hybridized carbons (Fsp3) is 0.278. The van der Waals surface area contributed by atoms with Crippen molar-refractivity contribution in [3.05, 3.63) is 69.7 Å². The van der Waals surface area contributed by atoms with E-state index in [1.54, 1.807) is 0 Å². The molecule has 1 fully saturated rings. The second-order valence-electron chi connectivity index (χ2n) is 5.46. The van der Waals surface area contributed by atoms with E-state index in [2.05, 4.69) is 23.2 Å². The van der Waals surface area contributed by atoms with Crippen LogP contribution in [0.3, 0.4) is 0 Å². The second kappa shape index (κ2) is 6.08. The van der Waals surface area contributed by atoms with Crippen molar-refractivity contribution in [3.63, 3.8) is 0 Å². The highest BCUT2D eigenvalue weighted by atomic mass is 16.6. The summed E-state index contributed by atoms with van der Waals surface area (Å²) in [4.78, 5) is 0. The fourth-order valence-electron chi connectivity index (χ4n) is 2.54. The summed E-state index contributed by atoms with van der Waals surface area (Å²) in [6.45, 7) is 4.43. The van der Waals surface area contributed by atoms with Crippen LogP contribution in [0, 0.1) is 19.9 Å². The molecule has 2 aromatic carbocycles. The topological polar surface area (TPSA) is 46.3 Å². The molecule has 0 aliphatic carbocycles. The Kier molecular flexibility index (Phi) is 3.99. The average molecular weight is 296 g/mol. The predicted molar refractivity (Wildman–Crippen MR) is 83.6 cm³/mol. The van der Waals surface area contributed by atoms with Crippen LogP contribution in [0.4, 0.5) is 0 Å². The van der Waals surface area contributed by atoms with Gasteiger partial charge in [0.05, 0.1) is 0 Å². The molecule has 112 valence electrons. The third-order valence-corrected chi connectivity index (χ3v) is 3.81. The van der Waals surface area contributed by atoms with Crippen molar-refractivity contribution in [2.24, 2.45) is 0 Å². The Morgan fingerprint density at radius 2 is 1.95 bits per heavy atom. The minimum absolute atomic E-state index is 0.0852. The Balaban J connectivity index is 1.65. The van der Waals surface area contributed by atoms with Crippen molar-refractivity contribution >= 4 is 0 Å². The normalized spacial score (nSPS) is 19.2. The number of hydrogen-bond acceptors (Lipinski definition) is 3. The molecule has 0 saturated carbocycles. The van der Waals surface area contributed by atoms with E-state index in [-0.39, 0.29) is 12.2 Å². The molecular formula is C18H18NO3+. The highest BCUT2D eigenvalue weighted by Gasteiger charge is 2.40. The number of aryl methyl sites for hydroxylation is 2. The molecule has 1 heterocycles. The van der Waals surface area contributed by atoms with Crippen LogP contribution >= 0.6 is 0 Å². The SMILES string of the molecule is Cc1cc(C)c(OCC2OC2c2ccccc2)cc1C#[N+]O. The molecule has 0 aromatic heterocycles. The van der Waals surface area contributed by atoms with Crippen LogP contribution < -0.4 is 4.74 Å². The first kappa shape index (κ1) is 14.4. The number of nitrogens with zero attached hydrogens (tertiary/aromatic N) is 1. The Morgan fingerprint density at radius 3 is 2.68 bits per heavy atom. The maximum atomic E-state index is 8.65. The van der Waals surface area contributed by atoms with Gasteiger partial charge in [0.2, 0.25) is 5.01 Å². The standard InChI is InChI=1S/C18H17NO3/c1-12-8-13(2)16(9-15(12)10-19-20)21-11-17-18(22-17)14-6-4-3-5-7-14/h3-9,17-18H,11H2,1-2H3/p+1. The van der Waals surface area contributed by atoms with Crippen LogP contribution in [0.2, 0.25) is 0 Å². The first-order valence-electron chi connectivity index (χ1n) is 7.23. The highest BCUT2D eigenvalue weighted by Crippen LogP contribution is 2.39. The van der Waals surface area contributed by atoms with Gasteiger partial charge in [-0.3, -0.25) is 0 Å². The van der Waals surface area contributed by atoms with E-state index >= 15 is 0 Å². The zero-order valence-corrected chi connectivity index (χ0v) is 12.6. The van der Waals surface area contributed by atoms with Crippen molar-refractivity contribution in [3.8, 4) is 11.8 Å². The Morgan fingerprint density at radius 1 is 1.18 bits per heavy atom. The van der Waals surface area contributed by atoms with Crippen LogP contribution in [0.1, 0.15) is 28.4 Å². The third kappa shape index (κ3) is 3.05. The summed E-state index contributed by atoms with van der Waals surface area (Å²) in [6.07, 6.45) is 0.207. The largest absolute Gasteiger partial charge is 0.490 e. The van der Waals surface area contributed by atoms with Crippen LogP contribution in [0.5, 0.6) is 5.75 Å². The Bertz CT molecular complexity index is 731. The molecule has 0 bridgehead atoms. The van der Waals surface area contributed by atoms with Gasteiger partial charge in [-0.2, -0.15) is 5.21 Å². The summed E-state index contributed by atoms with van der Waals surface area (Å²) < 4.78 is 11.5. The number of rotatable bonds is 4. The molecule has 1 saturated heterocycles. The highest BCUT2D eigenvalue weighted by molar-refractivity contribution is 5.48. The van der Waals surface area contributed by atoms with E-state index < -0.39 is 0 Å². The van der Waals surface area contributed by atoms with Gasteiger partial charge in [0, 0.05) is 6.07 Å². The van der Waals surface area contributed by atoms with Gasteiger partial charge in [0.1, 0.15) is 30.1 Å². The first-order valence-corrected chi connectivity index (χ1v) is 7.23. The summed E-state index contributed by atoms with van der Waals surface area (Å²) >= 11 is 0. The Hall–Kier alpha value is -2.51. The van der Waals surface area contributed by atoms with Crippen molar-refractivity contribution in [1.82, 2.24) is 0 Å². The maximum absolute atomic E-state index is 8.65. The summed E-state index contributed by atoms with van der Waals surface area (Å²) in [6, 6.07) is 16.5. The summed E-state index contributed by atoms with van der Waals surface area (Å²) in [5, 5.41) is 11.6. The lowest BCUT2D eigenvalue weighted by molar-refractivity contribution is 0.259. The van der Waals surface area contributed by atoms with E-state index in [4.69, 9.17) is 14.7 Å². The van der Waals surface area contributed by atoms with E-state index in [0.29, 0.717) is 6.61 Å². The first-order chi connectivity index (χ1) is 10.7. The van der Waals surface area contributed by atoms with Gasteiger partial charge in [0.15, 0.2) is 0 Å². The quantitative estimate of drug-likeness (QED) is 0.687. The third-order valence-electron chi connectivity index (χ3n) is 3.81. The number of ether oxygens (including phenoxy) is 2. The molecule has 1 N–H and O–H groups in total. The number of epoxide rings is 1. The van der Waals surface area contributed by atoms with E-state index in [0.717, 1.165) is 22.4 Å². The fourth-order valence-corrected chi connectivity index (χ4v) is 2.54. The zero-order valence-electron chi connectivity index (χ0n) is 12.6. The van der Waals surface area contributed by atoms with Gasteiger partial charge >= 0.3 is 6.07 Å². The van der Waals surface area contributed by atoms with Crippen LogP contribution in [-0.4, -0.2) is 17.9 Å². The monoisotopic (exact) mass is 296 g/mol. The summed E-state index contributed by atoms with van der Waals surface area (Å²) in [5.41, 5.74) is 3.93. The van der Waals surface area contributed by atoms with Crippen molar-refractivity contribution in [1.29, 1.82) is 0 Å². The minimum Gasteiger partial charge on any atom is -0.490 e. The van der Waals surface area contributed by atoms with Crippen molar-refractivity contribution in [2.75, 3.05) is 6.61 Å². The van der Waals surface area contributed by atoms with Crippen molar-refractivity contribution in [2.45, 2.75) is 26.1 Å². The summed E-state index contributed by atoms with van der Waals surface area (Å²) in [7, 11) is 0. The van der Waals surface area contributed by atoms with Gasteiger partial charge in [-0.15, -0.1) is 0 Å². The molecule has 1 aliphatic heterocycles. The van der Waals surface area contributed by atoms with Crippen LogP contribution in [0.25, 0.3) is 5.01 Å². The summed E-state index contributed by atoms with van der Waals surface area (Å²) in [5.74, 6) is 0.763. The molecule has 2 unspecified atom stereocenters. The maximum Gasteiger partial charge on any atom is 0.388 e. The molecule has 2 aromatic rings. The van der Waals surface area contributed by atoms with Crippen LogP contribution in [-0.2, 0) is 4.74 Å². The van der Waals surface area contributed by atoms with Crippen molar-refractivity contribution < 1.29 is 14.7 Å². The second-order valence-corrected chi connectivity index (χ2v) is 5.46. The predicted octanol–water partition coefficient (Wildman–Crippen LogP) is 3.89. The Labute approximate surface area is 129 Å². The van der Waals surface area contributed by atoms with Gasteiger partial charge in [0.25, 0.3) is 0 Å². The van der Waals surface area contributed by atoms with Gasteiger partial charge in [-0.05, 0) is 30.5 Å². The lowest BCUT2D eigenvalue weighted by Crippen LogP contribution is -2.07.